The molecule has 1 fully saturated rings. The van der Waals surface area contributed by atoms with E-state index in [-0.39, 0.29) is 17.2 Å². The first-order valence-corrected chi connectivity index (χ1v) is 11.2. The Morgan fingerprint density at radius 1 is 1.07 bits per heavy atom. The third kappa shape index (κ3) is 3.68. The molecule has 3 aromatic rings. The van der Waals surface area contributed by atoms with Gasteiger partial charge in [-0.15, -0.1) is 0 Å². The topological polar surface area (TPSA) is 42.3 Å². The fraction of sp³-hybridized carbons (Fsp3) is 0.250. The Morgan fingerprint density at radius 2 is 1.80 bits per heavy atom. The zero-order valence-electron chi connectivity index (χ0n) is 17.2. The van der Waals surface area contributed by atoms with Crippen molar-refractivity contribution in [3.05, 3.63) is 75.3 Å². The van der Waals surface area contributed by atoms with E-state index in [4.69, 9.17) is 11.6 Å². The molecule has 4 rings (SSSR count). The van der Waals surface area contributed by atoms with Crippen molar-refractivity contribution in [3.63, 3.8) is 0 Å². The van der Waals surface area contributed by atoms with Gasteiger partial charge >= 0.3 is 0 Å². The average molecular weight is 439 g/mol. The number of halogens is 1. The molecule has 1 aromatic heterocycles. The molecule has 0 aliphatic carbocycles. The van der Waals surface area contributed by atoms with Crippen LogP contribution in [0.2, 0.25) is 5.02 Å². The van der Waals surface area contributed by atoms with Crippen molar-refractivity contribution in [1.82, 2.24) is 9.47 Å². The van der Waals surface area contributed by atoms with E-state index in [1.54, 1.807) is 0 Å². The van der Waals surface area contributed by atoms with Gasteiger partial charge in [0, 0.05) is 34.8 Å². The van der Waals surface area contributed by atoms with Crippen molar-refractivity contribution < 1.29 is 9.59 Å². The second kappa shape index (κ2) is 8.32. The lowest BCUT2D eigenvalue weighted by atomic mass is 10.1. The molecule has 1 aliphatic heterocycles. The molecule has 0 radical (unpaired) electrons. The number of nitrogens with zero attached hydrogens (tertiary/aromatic N) is 2. The number of benzene rings is 2. The quantitative estimate of drug-likeness (QED) is 0.436. The molecule has 154 valence electrons. The van der Waals surface area contributed by atoms with E-state index >= 15 is 0 Å². The number of hydrogen-bond donors (Lipinski definition) is 0. The van der Waals surface area contributed by atoms with Crippen LogP contribution < -0.4 is 0 Å². The van der Waals surface area contributed by atoms with Gasteiger partial charge in [0.2, 0.25) is 0 Å². The molecule has 2 amide bonds. The zero-order valence-corrected chi connectivity index (χ0v) is 18.8. The van der Waals surface area contributed by atoms with Crippen molar-refractivity contribution in [1.29, 1.82) is 0 Å². The van der Waals surface area contributed by atoms with Crippen LogP contribution in [0.25, 0.3) is 17.0 Å². The van der Waals surface area contributed by atoms with Crippen molar-refractivity contribution in [2.45, 2.75) is 39.8 Å². The van der Waals surface area contributed by atoms with Crippen molar-refractivity contribution in [3.8, 4) is 0 Å². The Hall–Kier alpha value is -2.50. The van der Waals surface area contributed by atoms with Crippen LogP contribution in [-0.4, -0.2) is 26.7 Å². The summed E-state index contributed by atoms with van der Waals surface area (Å²) in [6, 6.07) is 13.9. The van der Waals surface area contributed by atoms with E-state index in [9.17, 15) is 9.59 Å². The predicted octanol–water partition coefficient (Wildman–Crippen LogP) is 6.35. The molecular formula is C24H23ClN2O2S. The SMILES string of the molecule is CCc1cccc2c(/C=C3\SC(=O)N(C(C)C)C3=O)cn(Cc3ccccc3Cl)c12. The van der Waals surface area contributed by atoms with Crippen molar-refractivity contribution in [2.24, 2.45) is 0 Å². The van der Waals surface area contributed by atoms with Crippen LogP contribution in [0.1, 0.15) is 37.5 Å². The second-order valence-electron chi connectivity index (χ2n) is 7.62. The monoisotopic (exact) mass is 438 g/mol. The van der Waals surface area contributed by atoms with Crippen LogP contribution in [-0.2, 0) is 17.8 Å². The maximum absolute atomic E-state index is 12.8. The average Bonchev–Trinajstić information content (AvgIpc) is 3.20. The molecule has 0 saturated carbocycles. The number of imide groups is 1. The molecule has 2 aromatic carbocycles. The van der Waals surface area contributed by atoms with Gasteiger partial charge in [0.1, 0.15) is 0 Å². The van der Waals surface area contributed by atoms with Crippen LogP contribution in [0.3, 0.4) is 0 Å². The summed E-state index contributed by atoms with van der Waals surface area (Å²) >= 11 is 7.42. The smallest absolute Gasteiger partial charge is 0.293 e. The standard InChI is InChI=1S/C24H23ClN2O2S/c1-4-16-9-7-10-19-18(12-21-23(28)27(15(2)3)24(29)30-21)14-26(22(16)19)13-17-8-5-6-11-20(17)25/h5-12,14-15H,4,13H2,1-3H3/b21-12-. The molecule has 30 heavy (non-hydrogen) atoms. The number of amides is 2. The summed E-state index contributed by atoms with van der Waals surface area (Å²) in [4.78, 5) is 26.8. The van der Waals surface area contributed by atoms with E-state index in [1.807, 2.05) is 50.3 Å². The highest BCUT2D eigenvalue weighted by molar-refractivity contribution is 8.18. The summed E-state index contributed by atoms with van der Waals surface area (Å²) < 4.78 is 2.19. The minimum atomic E-state index is -0.223. The lowest BCUT2D eigenvalue weighted by Gasteiger charge is -2.16. The number of fused-ring (bicyclic) bond motifs is 1. The number of thioether (sulfide) groups is 1. The minimum Gasteiger partial charge on any atom is -0.342 e. The van der Waals surface area contributed by atoms with Gasteiger partial charge in [0.25, 0.3) is 11.1 Å². The highest BCUT2D eigenvalue weighted by atomic mass is 35.5. The molecule has 1 aliphatic rings. The lowest BCUT2D eigenvalue weighted by Crippen LogP contribution is -2.34. The minimum absolute atomic E-state index is 0.156. The first-order valence-electron chi connectivity index (χ1n) is 10.0. The first-order chi connectivity index (χ1) is 14.4. The second-order valence-corrected chi connectivity index (χ2v) is 9.02. The fourth-order valence-electron chi connectivity index (χ4n) is 3.87. The summed E-state index contributed by atoms with van der Waals surface area (Å²) in [6.45, 7) is 6.47. The van der Waals surface area contributed by atoms with Gasteiger partial charge in [-0.25, -0.2) is 0 Å². The number of aryl methyl sites for hydroxylation is 1. The van der Waals surface area contributed by atoms with E-state index in [2.05, 4.69) is 29.8 Å². The van der Waals surface area contributed by atoms with E-state index < -0.39 is 0 Å². The molecule has 0 spiro atoms. The molecule has 6 heteroatoms. The van der Waals surface area contributed by atoms with Gasteiger partial charge in [-0.2, -0.15) is 0 Å². The van der Waals surface area contributed by atoms with Crippen LogP contribution >= 0.6 is 23.4 Å². The van der Waals surface area contributed by atoms with Crippen molar-refractivity contribution >= 4 is 51.5 Å². The summed E-state index contributed by atoms with van der Waals surface area (Å²) in [5.41, 5.74) is 4.33. The predicted molar refractivity (Wildman–Crippen MR) is 125 cm³/mol. The molecule has 0 atom stereocenters. The lowest BCUT2D eigenvalue weighted by molar-refractivity contribution is -0.123. The molecule has 4 nitrogen and oxygen atoms in total. The highest BCUT2D eigenvalue weighted by Gasteiger charge is 2.36. The number of hydrogen-bond acceptors (Lipinski definition) is 3. The van der Waals surface area contributed by atoms with Gasteiger partial charge < -0.3 is 4.57 Å². The van der Waals surface area contributed by atoms with Gasteiger partial charge in [-0.1, -0.05) is 54.9 Å². The van der Waals surface area contributed by atoms with Gasteiger partial charge in [-0.05, 0) is 55.3 Å². The number of rotatable bonds is 5. The third-order valence-corrected chi connectivity index (χ3v) is 6.57. The van der Waals surface area contributed by atoms with Gasteiger partial charge in [0.15, 0.2) is 0 Å². The summed E-state index contributed by atoms with van der Waals surface area (Å²) in [5.74, 6) is -0.223. The Kier molecular flexibility index (Phi) is 5.76. The molecular weight excluding hydrogens is 416 g/mol. The number of carbonyl (C=O) groups is 2. The fourth-order valence-corrected chi connectivity index (χ4v) is 5.01. The molecule has 2 heterocycles. The van der Waals surface area contributed by atoms with Crippen LogP contribution in [0.5, 0.6) is 0 Å². The van der Waals surface area contributed by atoms with Gasteiger partial charge in [0.05, 0.1) is 10.4 Å². The van der Waals surface area contributed by atoms with Crippen molar-refractivity contribution in [2.75, 3.05) is 0 Å². The molecule has 1 saturated heterocycles. The third-order valence-electron chi connectivity index (χ3n) is 5.32. The Morgan fingerprint density at radius 3 is 2.47 bits per heavy atom. The van der Waals surface area contributed by atoms with Crippen LogP contribution in [0.4, 0.5) is 4.79 Å². The Balaban J connectivity index is 1.83. The normalized spacial score (nSPS) is 15.9. The van der Waals surface area contributed by atoms with E-state index in [0.29, 0.717) is 11.4 Å². The van der Waals surface area contributed by atoms with Gasteiger partial charge in [-0.3, -0.25) is 14.5 Å². The molecule has 0 N–H and O–H groups in total. The number of para-hydroxylation sites is 1. The van der Waals surface area contributed by atoms with Crippen LogP contribution in [0, 0.1) is 0 Å². The number of aromatic nitrogens is 1. The van der Waals surface area contributed by atoms with Crippen LogP contribution in [0.15, 0.2) is 53.6 Å². The maximum atomic E-state index is 12.8. The maximum Gasteiger partial charge on any atom is 0.293 e. The van der Waals surface area contributed by atoms with E-state index in [1.165, 1.54) is 10.5 Å². The molecule has 0 unspecified atom stereocenters. The largest absolute Gasteiger partial charge is 0.342 e. The summed E-state index contributed by atoms with van der Waals surface area (Å²) in [6.07, 6.45) is 4.79. The Labute approximate surface area is 185 Å². The summed E-state index contributed by atoms with van der Waals surface area (Å²) in [5, 5.41) is 1.58. The number of carbonyl (C=O) groups excluding carboxylic acids is 2. The molecule has 0 bridgehead atoms. The Bertz CT molecular complexity index is 1180. The van der Waals surface area contributed by atoms with E-state index in [0.717, 1.165) is 45.2 Å². The zero-order chi connectivity index (χ0) is 21.4. The summed E-state index contributed by atoms with van der Waals surface area (Å²) in [7, 11) is 0. The highest BCUT2D eigenvalue weighted by Crippen LogP contribution is 2.36. The first kappa shape index (κ1) is 20.8.